The fourth-order valence-electron chi connectivity index (χ4n) is 2.41. The van der Waals surface area contributed by atoms with Gasteiger partial charge in [-0.1, -0.05) is 12.8 Å². The van der Waals surface area contributed by atoms with Gasteiger partial charge in [-0.3, -0.25) is 9.59 Å². The van der Waals surface area contributed by atoms with Crippen LogP contribution >= 0.6 is 15.9 Å². The summed E-state index contributed by atoms with van der Waals surface area (Å²) in [4.78, 5) is 23.0. The molecule has 0 aromatic carbocycles. The molecule has 108 valence electrons. The molecule has 1 aromatic heterocycles. The highest BCUT2D eigenvalue weighted by molar-refractivity contribution is 9.10. The van der Waals surface area contributed by atoms with Crippen molar-refractivity contribution >= 4 is 33.9 Å². The van der Waals surface area contributed by atoms with E-state index in [0.29, 0.717) is 23.3 Å². The SMILES string of the molecule is O=C(/C=C/c1ccc(Br)o1)NCC1(C(=O)O)CCCC1. The zero-order chi connectivity index (χ0) is 14.6. The van der Waals surface area contributed by atoms with Crippen molar-refractivity contribution in [3.05, 3.63) is 28.6 Å². The fraction of sp³-hybridized carbons (Fsp3) is 0.429. The molecular weight excluding hydrogens is 326 g/mol. The first-order valence-corrected chi connectivity index (χ1v) is 7.26. The van der Waals surface area contributed by atoms with Crippen LogP contribution in [0, 0.1) is 5.41 Å². The van der Waals surface area contributed by atoms with Crippen LogP contribution in [-0.4, -0.2) is 23.5 Å². The van der Waals surface area contributed by atoms with E-state index >= 15 is 0 Å². The number of aliphatic carboxylic acids is 1. The topological polar surface area (TPSA) is 79.5 Å². The molecule has 0 atom stereocenters. The van der Waals surface area contributed by atoms with Crippen LogP contribution in [0.1, 0.15) is 31.4 Å². The highest BCUT2D eigenvalue weighted by atomic mass is 79.9. The largest absolute Gasteiger partial charge is 0.481 e. The van der Waals surface area contributed by atoms with Gasteiger partial charge < -0.3 is 14.8 Å². The Hall–Kier alpha value is -1.56. The van der Waals surface area contributed by atoms with Crippen LogP contribution in [0.25, 0.3) is 6.08 Å². The van der Waals surface area contributed by atoms with E-state index in [1.165, 1.54) is 6.08 Å². The quantitative estimate of drug-likeness (QED) is 0.807. The zero-order valence-corrected chi connectivity index (χ0v) is 12.5. The number of amides is 1. The number of hydrogen-bond acceptors (Lipinski definition) is 3. The second kappa shape index (κ2) is 6.26. The average Bonchev–Trinajstić information content (AvgIpc) is 3.03. The number of hydrogen-bond donors (Lipinski definition) is 2. The van der Waals surface area contributed by atoms with E-state index < -0.39 is 11.4 Å². The number of carbonyl (C=O) groups is 2. The summed E-state index contributed by atoms with van der Waals surface area (Å²) in [5.41, 5.74) is -0.794. The molecule has 20 heavy (non-hydrogen) atoms. The van der Waals surface area contributed by atoms with Gasteiger partial charge in [-0.2, -0.15) is 0 Å². The number of rotatable bonds is 5. The summed E-state index contributed by atoms with van der Waals surface area (Å²) in [6.45, 7) is 0.174. The van der Waals surface area contributed by atoms with Gasteiger partial charge in [0.2, 0.25) is 5.91 Å². The third-order valence-electron chi connectivity index (χ3n) is 3.61. The van der Waals surface area contributed by atoms with Crippen molar-refractivity contribution in [2.75, 3.05) is 6.54 Å². The Morgan fingerprint density at radius 3 is 2.65 bits per heavy atom. The first-order valence-electron chi connectivity index (χ1n) is 6.46. The maximum Gasteiger partial charge on any atom is 0.311 e. The molecule has 1 heterocycles. The smallest absolute Gasteiger partial charge is 0.311 e. The molecule has 0 bridgehead atoms. The molecule has 2 N–H and O–H groups in total. The van der Waals surface area contributed by atoms with E-state index in [4.69, 9.17) is 4.42 Å². The Labute approximate surface area is 125 Å². The third kappa shape index (κ3) is 3.50. The number of carboxylic acids is 1. The lowest BCUT2D eigenvalue weighted by Gasteiger charge is -2.23. The first kappa shape index (κ1) is 14.8. The summed E-state index contributed by atoms with van der Waals surface area (Å²) in [5, 5.41) is 12.0. The Morgan fingerprint density at radius 1 is 1.40 bits per heavy atom. The fourth-order valence-corrected chi connectivity index (χ4v) is 2.73. The van der Waals surface area contributed by atoms with Gasteiger partial charge in [0, 0.05) is 12.6 Å². The Balaban J connectivity index is 1.88. The van der Waals surface area contributed by atoms with Crippen molar-refractivity contribution in [1.82, 2.24) is 5.32 Å². The van der Waals surface area contributed by atoms with E-state index in [1.807, 2.05) is 0 Å². The van der Waals surface area contributed by atoms with Crippen molar-refractivity contribution < 1.29 is 19.1 Å². The molecule has 0 unspecified atom stereocenters. The monoisotopic (exact) mass is 341 g/mol. The van der Waals surface area contributed by atoms with Gasteiger partial charge in [-0.05, 0) is 47.0 Å². The lowest BCUT2D eigenvalue weighted by molar-refractivity contribution is -0.148. The molecular formula is C14H16BrNO4. The van der Waals surface area contributed by atoms with Crippen LogP contribution in [0.4, 0.5) is 0 Å². The Kier molecular flexibility index (Phi) is 4.65. The summed E-state index contributed by atoms with van der Waals surface area (Å²) in [5.74, 6) is -0.583. The van der Waals surface area contributed by atoms with E-state index in [9.17, 15) is 14.7 Å². The lowest BCUT2D eigenvalue weighted by Crippen LogP contribution is -2.40. The number of furan rings is 1. The van der Waals surface area contributed by atoms with E-state index in [1.54, 1.807) is 18.2 Å². The molecule has 1 aromatic rings. The molecule has 5 nitrogen and oxygen atoms in total. The lowest BCUT2D eigenvalue weighted by atomic mass is 9.86. The van der Waals surface area contributed by atoms with Crippen molar-refractivity contribution in [2.24, 2.45) is 5.41 Å². The van der Waals surface area contributed by atoms with Crippen LogP contribution in [-0.2, 0) is 9.59 Å². The Morgan fingerprint density at radius 2 is 2.10 bits per heavy atom. The molecule has 0 spiro atoms. The molecule has 1 fully saturated rings. The molecule has 1 amide bonds. The van der Waals surface area contributed by atoms with Gasteiger partial charge in [0.05, 0.1) is 5.41 Å². The molecule has 0 aliphatic heterocycles. The minimum Gasteiger partial charge on any atom is -0.481 e. The molecule has 6 heteroatoms. The van der Waals surface area contributed by atoms with Gasteiger partial charge in [0.15, 0.2) is 4.67 Å². The minimum absolute atomic E-state index is 0.174. The van der Waals surface area contributed by atoms with Gasteiger partial charge in [-0.15, -0.1) is 0 Å². The van der Waals surface area contributed by atoms with Crippen LogP contribution in [0.5, 0.6) is 0 Å². The van der Waals surface area contributed by atoms with Crippen molar-refractivity contribution in [2.45, 2.75) is 25.7 Å². The summed E-state index contributed by atoms with van der Waals surface area (Å²) in [6, 6.07) is 3.46. The molecule has 2 rings (SSSR count). The number of carboxylic acid groups (broad SMARTS) is 1. The first-order chi connectivity index (χ1) is 9.52. The second-order valence-corrected chi connectivity index (χ2v) is 5.77. The van der Waals surface area contributed by atoms with Crippen LogP contribution < -0.4 is 5.32 Å². The molecule has 1 aliphatic rings. The van der Waals surface area contributed by atoms with Crippen LogP contribution in [0.2, 0.25) is 0 Å². The maximum atomic E-state index is 11.7. The third-order valence-corrected chi connectivity index (χ3v) is 4.03. The molecule has 0 radical (unpaired) electrons. The summed E-state index contributed by atoms with van der Waals surface area (Å²) < 4.78 is 5.82. The van der Waals surface area contributed by atoms with E-state index in [0.717, 1.165) is 12.8 Å². The maximum absolute atomic E-state index is 11.7. The minimum atomic E-state index is -0.825. The highest BCUT2D eigenvalue weighted by Gasteiger charge is 2.41. The van der Waals surface area contributed by atoms with E-state index in [-0.39, 0.29) is 12.5 Å². The van der Waals surface area contributed by atoms with Gasteiger partial charge in [0.1, 0.15) is 5.76 Å². The molecule has 1 saturated carbocycles. The van der Waals surface area contributed by atoms with Crippen LogP contribution in [0.15, 0.2) is 27.3 Å². The van der Waals surface area contributed by atoms with Gasteiger partial charge in [-0.25, -0.2) is 0 Å². The van der Waals surface area contributed by atoms with E-state index in [2.05, 4.69) is 21.2 Å². The molecule has 1 aliphatic carbocycles. The standard InChI is InChI=1S/C14H16BrNO4/c15-11-5-3-10(20-11)4-6-12(17)16-9-14(13(18)19)7-1-2-8-14/h3-6H,1-2,7-9H2,(H,16,17)(H,18,19)/b6-4+. The predicted octanol–water partition coefficient (Wildman–Crippen LogP) is 2.82. The summed E-state index contributed by atoms with van der Waals surface area (Å²) >= 11 is 3.17. The van der Waals surface area contributed by atoms with Crippen LogP contribution in [0.3, 0.4) is 0 Å². The highest BCUT2D eigenvalue weighted by Crippen LogP contribution is 2.37. The number of carbonyl (C=O) groups excluding carboxylic acids is 1. The van der Waals surface area contributed by atoms with Crippen molar-refractivity contribution in [1.29, 1.82) is 0 Å². The second-order valence-electron chi connectivity index (χ2n) is 4.99. The Bertz CT molecular complexity index is 529. The van der Waals surface area contributed by atoms with Crippen molar-refractivity contribution in [3.63, 3.8) is 0 Å². The average molecular weight is 342 g/mol. The normalized spacial score (nSPS) is 17.4. The molecule has 0 saturated heterocycles. The number of halogens is 1. The van der Waals surface area contributed by atoms with Gasteiger partial charge in [0.25, 0.3) is 0 Å². The zero-order valence-electron chi connectivity index (χ0n) is 10.9. The predicted molar refractivity (Wildman–Crippen MR) is 77.0 cm³/mol. The number of nitrogens with one attached hydrogen (secondary N) is 1. The van der Waals surface area contributed by atoms with Gasteiger partial charge >= 0.3 is 5.97 Å². The summed E-state index contributed by atoms with van der Waals surface area (Å²) in [6.07, 6.45) is 5.93. The summed E-state index contributed by atoms with van der Waals surface area (Å²) in [7, 11) is 0. The van der Waals surface area contributed by atoms with Crippen molar-refractivity contribution in [3.8, 4) is 0 Å².